The number of rotatable bonds is 0. The molecule has 0 radical (unpaired) electrons. The zero-order chi connectivity index (χ0) is 23.8. The number of benzene rings is 2. The first kappa shape index (κ1) is 24.9. The van der Waals surface area contributed by atoms with Crippen LogP contribution < -0.4 is 0 Å². The molecule has 0 amide bonds. The van der Waals surface area contributed by atoms with Crippen molar-refractivity contribution in [3.8, 4) is 0 Å². The maximum atomic E-state index is 8.52. The Bertz CT molecular complexity index is 1070. The van der Waals surface area contributed by atoms with Crippen LogP contribution in [0.25, 0.3) is 0 Å². The van der Waals surface area contributed by atoms with Crippen LogP contribution in [-0.2, 0) is 21.2 Å². The van der Waals surface area contributed by atoms with E-state index in [2.05, 4.69) is 113 Å². The molecule has 0 unspecified atom stereocenters. The van der Waals surface area contributed by atoms with Gasteiger partial charge in [-0.3, -0.25) is 8.42 Å². The van der Waals surface area contributed by atoms with Gasteiger partial charge < -0.3 is 9.11 Å². The molecule has 31 heavy (non-hydrogen) atoms. The van der Waals surface area contributed by atoms with Crippen LogP contribution in [0.1, 0.15) is 52.7 Å². The molecular weight excluding hydrogens is 412 g/mol. The van der Waals surface area contributed by atoms with Gasteiger partial charge in [0.1, 0.15) is 14.1 Å². The lowest BCUT2D eigenvalue weighted by Gasteiger charge is -2.14. The van der Waals surface area contributed by atoms with Crippen LogP contribution in [0.5, 0.6) is 0 Å². The van der Waals surface area contributed by atoms with Crippen LogP contribution in [0.3, 0.4) is 0 Å². The number of para-hydroxylation sites is 2. The van der Waals surface area contributed by atoms with Crippen LogP contribution in [0.15, 0.2) is 48.5 Å². The van der Waals surface area contributed by atoms with Crippen LogP contribution in [0.4, 0.5) is 11.4 Å². The lowest BCUT2D eigenvalue weighted by atomic mass is 9.82. The van der Waals surface area contributed by atoms with Crippen molar-refractivity contribution < 1.29 is 26.7 Å². The first-order chi connectivity index (χ1) is 14.1. The Hall–Kier alpha value is -2.35. The minimum atomic E-state index is -5.17. The van der Waals surface area contributed by atoms with Crippen molar-refractivity contribution in [3.63, 3.8) is 0 Å². The second-order valence-corrected chi connectivity index (χ2v) is 9.80. The highest BCUT2D eigenvalue weighted by Gasteiger charge is 2.41. The summed E-state index contributed by atoms with van der Waals surface area (Å²) in [6.45, 7) is 13.5. The average molecular weight is 445 g/mol. The first-order valence-electron chi connectivity index (χ1n) is 10.1. The Morgan fingerprint density at radius 2 is 0.935 bits per heavy atom. The third kappa shape index (κ3) is 5.11. The van der Waals surface area contributed by atoms with E-state index in [4.69, 9.17) is 17.5 Å². The van der Waals surface area contributed by atoms with Gasteiger partial charge in [-0.1, -0.05) is 36.4 Å². The summed E-state index contributed by atoms with van der Waals surface area (Å²) in [5.41, 5.74) is 8.83. The largest absolute Gasteiger partial charge is 0.759 e. The molecule has 0 saturated heterocycles. The smallest absolute Gasteiger partial charge is 0.209 e. The van der Waals surface area contributed by atoms with Gasteiger partial charge in [0.25, 0.3) is 0 Å². The average Bonchev–Trinajstić information content (AvgIpc) is 2.97. The molecule has 2 aliphatic rings. The molecule has 2 aromatic rings. The second-order valence-electron chi connectivity index (χ2n) is 8.98. The van der Waals surface area contributed by atoms with Crippen LogP contribution in [0.2, 0.25) is 0 Å². The summed E-state index contributed by atoms with van der Waals surface area (Å²) in [6, 6.07) is 17.3. The fraction of sp³-hybridized carbons (Fsp3) is 0.417. The van der Waals surface area contributed by atoms with Gasteiger partial charge in [0.2, 0.25) is 11.4 Å². The molecule has 2 aromatic carbocycles. The highest BCUT2D eigenvalue weighted by atomic mass is 32.3. The van der Waals surface area contributed by atoms with Gasteiger partial charge in [-0.25, -0.2) is 9.15 Å². The molecule has 6 nitrogen and oxygen atoms in total. The molecule has 0 fully saturated rings. The lowest BCUT2D eigenvalue weighted by molar-refractivity contribution is -0.403. The summed E-state index contributed by atoms with van der Waals surface area (Å²) in [5, 5.41) is 0. The zero-order valence-electron chi connectivity index (χ0n) is 19.6. The Morgan fingerprint density at radius 1 is 0.677 bits per heavy atom. The fourth-order valence-corrected chi connectivity index (χ4v) is 4.18. The van der Waals surface area contributed by atoms with E-state index in [0.717, 1.165) is 0 Å². The van der Waals surface area contributed by atoms with Crippen LogP contribution >= 0.6 is 0 Å². The summed E-state index contributed by atoms with van der Waals surface area (Å²) in [5.74, 6) is 0. The molecule has 0 atom stereocenters. The monoisotopic (exact) mass is 444 g/mol. The maximum Gasteiger partial charge on any atom is 0.209 e. The molecule has 4 rings (SSSR count). The molecule has 0 spiro atoms. The van der Waals surface area contributed by atoms with Crippen molar-refractivity contribution in [2.75, 3.05) is 14.1 Å². The van der Waals surface area contributed by atoms with E-state index in [1.54, 1.807) is 0 Å². The topological polar surface area (TPSA) is 86.3 Å². The molecule has 2 heterocycles. The van der Waals surface area contributed by atoms with Crippen molar-refractivity contribution in [2.24, 2.45) is 0 Å². The Balaban J connectivity index is 0.000000182. The standard InChI is InChI=1S/2C12H16N.H2O4S/c2*1-9-12(2,3)10-7-5-6-8-11(10)13(9)4;1-5(2,3)4/h2*5-8H,1-4H3;(H2,1,2,3,4)/q2*+1;/p-2. The Kier molecular flexibility index (Phi) is 6.95. The third-order valence-electron chi connectivity index (χ3n) is 6.69. The molecule has 0 aromatic heterocycles. The highest BCUT2D eigenvalue weighted by Crippen LogP contribution is 2.39. The van der Waals surface area contributed by atoms with Gasteiger partial charge in [0.05, 0.1) is 10.8 Å². The van der Waals surface area contributed by atoms with E-state index in [-0.39, 0.29) is 10.8 Å². The number of nitrogens with zero attached hydrogens (tertiary/aromatic N) is 2. The van der Waals surface area contributed by atoms with Gasteiger partial charge in [0, 0.05) is 47.5 Å². The van der Waals surface area contributed by atoms with E-state index in [1.165, 1.54) is 33.9 Å². The van der Waals surface area contributed by atoms with E-state index < -0.39 is 10.4 Å². The van der Waals surface area contributed by atoms with E-state index >= 15 is 0 Å². The van der Waals surface area contributed by atoms with Crippen molar-refractivity contribution in [1.29, 1.82) is 0 Å². The van der Waals surface area contributed by atoms with Crippen LogP contribution in [-0.4, -0.2) is 52.2 Å². The highest BCUT2D eigenvalue weighted by molar-refractivity contribution is 7.79. The minimum absolute atomic E-state index is 0.200. The molecule has 2 aliphatic heterocycles. The van der Waals surface area contributed by atoms with E-state index in [0.29, 0.717) is 0 Å². The molecule has 0 N–H and O–H groups in total. The summed E-state index contributed by atoms with van der Waals surface area (Å²) in [4.78, 5) is 0. The number of fused-ring (bicyclic) bond motifs is 2. The van der Waals surface area contributed by atoms with Crippen LogP contribution in [0, 0.1) is 0 Å². The van der Waals surface area contributed by atoms with Gasteiger partial charge in [0.15, 0.2) is 11.4 Å². The normalized spacial score (nSPS) is 17.9. The van der Waals surface area contributed by atoms with E-state index in [9.17, 15) is 0 Å². The predicted octanol–water partition coefficient (Wildman–Crippen LogP) is 4.09. The van der Waals surface area contributed by atoms with Gasteiger partial charge >= 0.3 is 0 Å². The predicted molar refractivity (Wildman–Crippen MR) is 122 cm³/mol. The Labute approximate surface area is 186 Å². The zero-order valence-corrected chi connectivity index (χ0v) is 20.4. The van der Waals surface area contributed by atoms with Crippen molar-refractivity contribution in [2.45, 2.75) is 52.4 Å². The second kappa shape index (κ2) is 8.65. The van der Waals surface area contributed by atoms with Crippen molar-refractivity contribution >= 4 is 33.2 Å². The molecule has 168 valence electrons. The van der Waals surface area contributed by atoms with Crippen molar-refractivity contribution in [3.05, 3.63) is 59.7 Å². The fourth-order valence-electron chi connectivity index (χ4n) is 4.18. The molecule has 0 bridgehead atoms. The summed E-state index contributed by atoms with van der Waals surface area (Å²) in [6.07, 6.45) is 0. The number of hydrogen-bond acceptors (Lipinski definition) is 4. The van der Waals surface area contributed by atoms with E-state index in [1.807, 2.05) is 0 Å². The molecule has 0 saturated carbocycles. The quantitative estimate of drug-likeness (QED) is 0.348. The molecule has 0 aliphatic carbocycles. The van der Waals surface area contributed by atoms with Gasteiger partial charge in [-0.05, 0) is 27.7 Å². The molecular formula is C24H32N2O4S. The summed E-state index contributed by atoms with van der Waals surface area (Å²) >= 11 is 0. The van der Waals surface area contributed by atoms with Gasteiger partial charge in [-0.2, -0.15) is 0 Å². The van der Waals surface area contributed by atoms with Crippen molar-refractivity contribution in [1.82, 2.24) is 0 Å². The SMILES string of the molecule is CC1=[N+](C)c2ccccc2C1(C)C.CC1=[N+](C)c2ccccc2C1(C)C.O=S(=O)([O-])[O-]. The maximum absolute atomic E-state index is 8.52. The lowest BCUT2D eigenvalue weighted by Crippen LogP contribution is -2.25. The molecule has 7 heteroatoms. The first-order valence-corrected chi connectivity index (χ1v) is 11.4. The minimum Gasteiger partial charge on any atom is -0.759 e. The number of hydrogen-bond donors (Lipinski definition) is 0. The Morgan fingerprint density at radius 3 is 1.19 bits per heavy atom. The van der Waals surface area contributed by atoms with Gasteiger partial charge in [-0.15, -0.1) is 0 Å². The summed E-state index contributed by atoms with van der Waals surface area (Å²) < 4.78 is 38.7. The summed E-state index contributed by atoms with van der Waals surface area (Å²) in [7, 11) is -0.883. The third-order valence-corrected chi connectivity index (χ3v) is 6.69.